The van der Waals surface area contributed by atoms with Gasteiger partial charge in [-0.1, -0.05) is 82.1 Å². The molecule has 0 aromatic carbocycles. The zero-order chi connectivity index (χ0) is 79.4. The highest BCUT2D eigenvalue weighted by molar-refractivity contribution is 5.38. The number of nitrogens with two attached hydrogens (primary N) is 2. The number of aromatic nitrogens is 8. The molecule has 26 heteroatoms. The van der Waals surface area contributed by atoms with Crippen molar-refractivity contribution in [3.8, 4) is 0 Å². The normalized spacial score (nSPS) is 31.0. The molecule has 18 nitrogen and oxygen atoms in total. The second-order valence-electron chi connectivity index (χ2n) is 39.9. The van der Waals surface area contributed by atoms with Crippen LogP contribution in [-0.4, -0.2) is 163 Å². The van der Waals surface area contributed by atoms with Gasteiger partial charge in [0.2, 0.25) is 0 Å². The highest BCUT2D eigenvalue weighted by Gasteiger charge is 2.54. The maximum atomic E-state index is 14.1. The number of nitrogens with zero attached hydrogens (tertiary/aromatic N) is 9. The standard InChI is InChI=1S/2C22H35F2N3O.C21H34F2N4O.C20H32F2N4O/c2*1-4-5-10-25-12-17-19(18-11-22(23,24)14-27(18)26-17)16-6-8-21(9-7-16)13-20(2,3)15-28-21;1-19(2)12-20(28-14-19)6-4-15(5-7-20)18-16(11-26(3)9-8-24)25-27-13-21(22,23)10-17(18)27;1-18(2)11-19(27-13-18)5-3-14(4-6-19)17-15(10-24-8-7-23)25-26-12-20(21,22)9-16(17)26/h2*16,25H,4-15H2,1-3H3;15H,4-14,24H2,1-3H3;14,24H,3-13,23H2,1-2H3. The molecule has 0 amide bonds. The number of fused-ring (bicyclic) bond motifs is 4. The van der Waals surface area contributed by atoms with Crippen molar-refractivity contribution in [1.29, 1.82) is 0 Å². The van der Waals surface area contributed by atoms with Gasteiger partial charge in [0.1, 0.15) is 26.2 Å². The van der Waals surface area contributed by atoms with Crippen molar-refractivity contribution in [3.63, 3.8) is 0 Å². The van der Waals surface area contributed by atoms with Gasteiger partial charge >= 0.3 is 0 Å². The molecule has 0 atom stereocenters. The van der Waals surface area contributed by atoms with Crippen molar-refractivity contribution in [2.24, 2.45) is 33.1 Å². The second kappa shape index (κ2) is 33.0. The van der Waals surface area contributed by atoms with Gasteiger partial charge < -0.3 is 46.4 Å². The lowest BCUT2D eigenvalue weighted by Gasteiger charge is -2.37. The Morgan fingerprint density at radius 2 is 0.640 bits per heavy atom. The summed E-state index contributed by atoms with van der Waals surface area (Å²) in [4.78, 5) is 2.13. The van der Waals surface area contributed by atoms with E-state index in [1.807, 2.05) is 7.05 Å². The Hall–Kier alpha value is -4.12. The van der Waals surface area contributed by atoms with E-state index in [1.165, 1.54) is 0 Å². The third kappa shape index (κ3) is 19.9. The summed E-state index contributed by atoms with van der Waals surface area (Å²) in [7, 11) is 2.01. The predicted molar refractivity (Wildman–Crippen MR) is 416 cm³/mol. The van der Waals surface area contributed by atoms with E-state index in [1.54, 1.807) is 18.7 Å². The Morgan fingerprint density at radius 1 is 0.387 bits per heavy atom. The number of halogens is 8. The van der Waals surface area contributed by atoms with Crippen LogP contribution in [-0.2, 0) is 97.0 Å². The number of likely N-dealkylation sites (N-methyl/N-ethyl adjacent to an activating group) is 1. The number of hydrogen-bond donors (Lipinski definition) is 5. The summed E-state index contributed by atoms with van der Waals surface area (Å²) in [5.74, 6) is -9.38. The zero-order valence-corrected chi connectivity index (χ0v) is 69.2. The third-order valence-electron chi connectivity index (χ3n) is 27.0. The lowest BCUT2D eigenvalue weighted by atomic mass is 9.71. The molecule has 16 rings (SSSR count). The van der Waals surface area contributed by atoms with Crippen LogP contribution in [0.3, 0.4) is 0 Å². The van der Waals surface area contributed by atoms with Gasteiger partial charge in [0.25, 0.3) is 23.7 Å². The van der Waals surface area contributed by atoms with Crippen LogP contribution >= 0.6 is 0 Å². The molecule has 4 saturated carbocycles. The molecule has 8 fully saturated rings. The Morgan fingerprint density at radius 3 is 0.874 bits per heavy atom. The fraction of sp³-hybridized carbons (Fsp3) is 0.859. The van der Waals surface area contributed by atoms with Crippen LogP contribution in [0.15, 0.2) is 0 Å². The third-order valence-corrected chi connectivity index (χ3v) is 27.0. The molecule has 8 aliphatic heterocycles. The van der Waals surface area contributed by atoms with Crippen LogP contribution in [0.2, 0.25) is 0 Å². The SMILES string of the molecule is CC1(C)COC2(CCC(c3c(CNCCN)nn4c3CC(F)(F)C4)CC2)C1.CCCCNCc1nn2c(c1C1CCC3(CC1)CC(C)(C)CO3)CC(F)(F)C2.CCCCNCc1nn2c(c1C1CCC3(CC1)CC(C)(C)CO3)CC(F)(F)C2.CN(CCN)Cc1nn2c(c1C1CCC3(CC1)CC(C)(C)CO3)CC(F)(F)C2. The van der Waals surface area contributed by atoms with Crippen LogP contribution < -0.4 is 27.4 Å². The fourth-order valence-electron chi connectivity index (χ4n) is 22.2. The van der Waals surface area contributed by atoms with Gasteiger partial charge in [-0.15, -0.1) is 0 Å². The minimum atomic E-state index is -2.67. The molecule has 0 bridgehead atoms. The van der Waals surface area contributed by atoms with Gasteiger partial charge in [0, 0.05) is 97.4 Å². The van der Waals surface area contributed by atoms with Gasteiger partial charge in [-0.2, -0.15) is 20.4 Å². The number of hydrogen-bond acceptors (Lipinski definition) is 14. The van der Waals surface area contributed by atoms with Crippen molar-refractivity contribution in [1.82, 2.24) is 60.0 Å². The van der Waals surface area contributed by atoms with E-state index in [9.17, 15) is 35.1 Å². The molecule has 7 N–H and O–H groups in total. The average molecular weight is 1570 g/mol. The van der Waals surface area contributed by atoms with Crippen molar-refractivity contribution < 1.29 is 54.1 Å². The quantitative estimate of drug-likeness (QED) is 0.0368. The summed E-state index contributed by atoms with van der Waals surface area (Å²) in [6.45, 7) is 31.9. The summed E-state index contributed by atoms with van der Waals surface area (Å²) in [5, 5.41) is 28.6. The topological polar surface area (TPSA) is 200 Å². The van der Waals surface area contributed by atoms with E-state index >= 15 is 0 Å². The number of nitrogens with one attached hydrogen (secondary N) is 3. The molecule has 4 spiro atoms. The predicted octanol–water partition coefficient (Wildman–Crippen LogP) is 15.9. The lowest BCUT2D eigenvalue weighted by Crippen LogP contribution is -2.34. The molecular formula is C85H136F8N14O4. The minimum Gasteiger partial charge on any atom is -0.374 e. The average Bonchev–Trinajstić information content (AvgIpc) is 1.61. The molecule has 111 heavy (non-hydrogen) atoms. The van der Waals surface area contributed by atoms with Crippen LogP contribution in [0.25, 0.3) is 0 Å². The van der Waals surface area contributed by atoms with Crippen LogP contribution in [0.4, 0.5) is 35.1 Å². The molecule has 4 saturated heterocycles. The molecular weight excluding hydrogens is 1430 g/mol. The van der Waals surface area contributed by atoms with Gasteiger partial charge in [-0.3, -0.25) is 23.6 Å². The Bertz CT molecular complexity index is 3670. The number of rotatable bonds is 22. The molecule has 12 aliphatic rings. The number of unbranched alkanes of at least 4 members (excludes halogenated alkanes) is 2. The fourth-order valence-corrected chi connectivity index (χ4v) is 22.2. The summed E-state index contributed by atoms with van der Waals surface area (Å²) in [6, 6.07) is 0. The summed E-state index contributed by atoms with van der Waals surface area (Å²) >= 11 is 0. The van der Waals surface area contributed by atoms with Crippen LogP contribution in [0.1, 0.15) is 315 Å². The van der Waals surface area contributed by atoms with Crippen LogP contribution in [0.5, 0.6) is 0 Å². The van der Waals surface area contributed by atoms with E-state index in [2.05, 4.69) is 110 Å². The van der Waals surface area contributed by atoms with E-state index in [0.717, 1.165) is 268 Å². The van der Waals surface area contributed by atoms with E-state index in [0.29, 0.717) is 69.5 Å². The molecule has 4 aliphatic carbocycles. The minimum absolute atomic E-state index is 0.00175. The highest BCUT2D eigenvalue weighted by atomic mass is 19.3. The first-order valence-corrected chi connectivity index (χ1v) is 42.9. The number of ether oxygens (including phenoxy) is 4. The largest absolute Gasteiger partial charge is 0.374 e. The first-order chi connectivity index (χ1) is 52.3. The van der Waals surface area contributed by atoms with Crippen molar-refractivity contribution in [3.05, 3.63) is 67.8 Å². The summed E-state index contributed by atoms with van der Waals surface area (Å²) < 4.78 is 143. The highest BCUT2D eigenvalue weighted by Crippen LogP contribution is 2.57. The van der Waals surface area contributed by atoms with E-state index in [-0.39, 0.29) is 95.9 Å². The van der Waals surface area contributed by atoms with E-state index < -0.39 is 23.7 Å². The van der Waals surface area contributed by atoms with Crippen LogP contribution in [0, 0.1) is 21.7 Å². The smallest absolute Gasteiger partial charge is 0.272 e. The maximum absolute atomic E-state index is 14.1. The molecule has 0 unspecified atom stereocenters. The van der Waals surface area contributed by atoms with Crippen molar-refractivity contribution >= 4 is 0 Å². The molecule has 12 heterocycles. The van der Waals surface area contributed by atoms with Gasteiger partial charge in [-0.05, 0) is 207 Å². The monoisotopic (exact) mass is 1570 g/mol. The van der Waals surface area contributed by atoms with E-state index in [4.69, 9.17) is 30.4 Å². The Kier molecular flexibility index (Phi) is 25.2. The van der Waals surface area contributed by atoms with Gasteiger partial charge in [0.05, 0.1) is 97.3 Å². The molecule has 4 aromatic rings. The summed E-state index contributed by atoms with van der Waals surface area (Å²) in [6.07, 6.45) is 24.5. The first kappa shape index (κ1) is 84.8. The molecule has 0 radical (unpaired) electrons. The van der Waals surface area contributed by atoms with Gasteiger partial charge in [-0.25, -0.2) is 35.1 Å². The molecule has 4 aromatic heterocycles. The maximum Gasteiger partial charge on any atom is 0.272 e. The van der Waals surface area contributed by atoms with Crippen molar-refractivity contribution in [2.45, 2.75) is 371 Å². The van der Waals surface area contributed by atoms with Crippen molar-refractivity contribution in [2.75, 3.05) is 72.7 Å². The second-order valence-corrected chi connectivity index (χ2v) is 39.9. The number of alkyl halides is 8. The zero-order valence-electron chi connectivity index (χ0n) is 69.2. The Balaban J connectivity index is 0.000000130. The molecule has 626 valence electrons. The van der Waals surface area contributed by atoms with Gasteiger partial charge in [0.15, 0.2) is 0 Å². The summed E-state index contributed by atoms with van der Waals surface area (Å²) in [5.41, 5.74) is 23.6. The first-order valence-electron chi connectivity index (χ1n) is 42.9. The Labute approximate surface area is 655 Å². The lowest BCUT2D eigenvalue weighted by molar-refractivity contribution is -0.0297.